The van der Waals surface area contributed by atoms with E-state index in [-0.39, 0.29) is 23.4 Å². The molecule has 9 heteroatoms. The molecule has 0 heterocycles. The predicted molar refractivity (Wildman–Crippen MR) is 156 cm³/mol. The first-order chi connectivity index (χ1) is 18.6. The lowest BCUT2D eigenvalue weighted by Gasteiger charge is -2.34. The molecular formula is C30H36ClN3O4S. The minimum Gasteiger partial charge on any atom is -0.352 e. The molecular weight excluding hydrogens is 534 g/mol. The molecule has 39 heavy (non-hydrogen) atoms. The predicted octanol–water partition coefficient (Wildman–Crippen LogP) is 5.57. The minimum absolute atomic E-state index is 0.0131. The van der Waals surface area contributed by atoms with Crippen LogP contribution in [0.1, 0.15) is 44.7 Å². The molecule has 208 valence electrons. The molecule has 0 aromatic heterocycles. The minimum atomic E-state index is -4.14. The average molecular weight is 570 g/mol. The van der Waals surface area contributed by atoms with E-state index in [4.69, 9.17) is 11.6 Å². The number of amides is 2. The monoisotopic (exact) mass is 569 g/mol. The second-order valence-electron chi connectivity index (χ2n) is 9.50. The molecule has 0 bridgehead atoms. The molecule has 0 saturated carbocycles. The fraction of sp³-hybridized carbons (Fsp3) is 0.333. The van der Waals surface area contributed by atoms with Crippen LogP contribution >= 0.6 is 11.6 Å². The number of halogens is 1. The highest BCUT2D eigenvalue weighted by Crippen LogP contribution is 2.28. The number of nitrogens with zero attached hydrogens (tertiary/aromatic N) is 2. The van der Waals surface area contributed by atoms with E-state index in [0.717, 1.165) is 16.3 Å². The summed E-state index contributed by atoms with van der Waals surface area (Å²) in [5, 5.41) is 3.38. The van der Waals surface area contributed by atoms with Gasteiger partial charge in [0.15, 0.2) is 0 Å². The van der Waals surface area contributed by atoms with Crippen LogP contribution in [0.15, 0.2) is 83.8 Å². The molecule has 1 N–H and O–H groups in total. The van der Waals surface area contributed by atoms with Crippen molar-refractivity contribution >= 4 is 39.1 Å². The van der Waals surface area contributed by atoms with Crippen LogP contribution in [0.25, 0.3) is 0 Å². The van der Waals surface area contributed by atoms with Gasteiger partial charge in [0, 0.05) is 17.6 Å². The molecule has 3 rings (SSSR count). The lowest BCUT2D eigenvalue weighted by Crippen LogP contribution is -2.53. The Balaban J connectivity index is 2.05. The maximum atomic E-state index is 14.1. The van der Waals surface area contributed by atoms with Crippen molar-refractivity contribution in [2.24, 2.45) is 0 Å². The van der Waals surface area contributed by atoms with E-state index >= 15 is 0 Å². The largest absolute Gasteiger partial charge is 0.352 e. The van der Waals surface area contributed by atoms with E-state index in [2.05, 4.69) is 5.32 Å². The maximum absolute atomic E-state index is 14.1. The average Bonchev–Trinajstić information content (AvgIpc) is 2.92. The topological polar surface area (TPSA) is 86.8 Å². The van der Waals surface area contributed by atoms with Crippen LogP contribution < -0.4 is 9.62 Å². The third kappa shape index (κ3) is 7.61. The van der Waals surface area contributed by atoms with Crippen LogP contribution in [-0.2, 0) is 26.2 Å². The van der Waals surface area contributed by atoms with Gasteiger partial charge < -0.3 is 10.2 Å². The van der Waals surface area contributed by atoms with E-state index in [0.29, 0.717) is 22.7 Å². The van der Waals surface area contributed by atoms with Crippen LogP contribution in [-0.4, -0.2) is 43.8 Å². The molecule has 3 aromatic carbocycles. The Morgan fingerprint density at radius 2 is 1.51 bits per heavy atom. The number of benzene rings is 3. The molecule has 0 radical (unpaired) electrons. The van der Waals surface area contributed by atoms with E-state index in [1.807, 2.05) is 57.2 Å². The molecule has 3 aromatic rings. The summed E-state index contributed by atoms with van der Waals surface area (Å²) in [6, 6.07) is 21.4. The van der Waals surface area contributed by atoms with Crippen LogP contribution in [0, 0.1) is 6.92 Å². The van der Waals surface area contributed by atoms with Gasteiger partial charge in [-0.15, -0.1) is 0 Å². The molecule has 0 saturated heterocycles. The number of aryl methyl sites for hydroxylation is 1. The third-order valence-electron chi connectivity index (χ3n) is 6.65. The SMILES string of the molecule is CC[C@@H](C)NC(=O)[C@H](CC)N(Cc1ccccc1)C(=O)CN(c1ccccc1C)S(=O)(=O)c1ccc(Cl)cc1. The van der Waals surface area contributed by atoms with E-state index in [1.165, 1.54) is 29.2 Å². The first-order valence-electron chi connectivity index (χ1n) is 13.1. The number of hydrogen-bond acceptors (Lipinski definition) is 4. The molecule has 7 nitrogen and oxygen atoms in total. The van der Waals surface area contributed by atoms with E-state index in [1.54, 1.807) is 25.1 Å². The highest BCUT2D eigenvalue weighted by atomic mass is 35.5. The lowest BCUT2D eigenvalue weighted by molar-refractivity contribution is -0.140. The quantitative estimate of drug-likeness (QED) is 0.309. The zero-order chi connectivity index (χ0) is 28.6. The van der Waals surface area contributed by atoms with Gasteiger partial charge in [0.2, 0.25) is 11.8 Å². The van der Waals surface area contributed by atoms with E-state index in [9.17, 15) is 18.0 Å². The standard InChI is InChI=1S/C30H36ClN3O4S/c1-5-23(4)32-30(36)27(6-2)33(20-24-13-8-7-9-14-24)29(35)21-34(28-15-11-10-12-22(28)3)39(37,38)26-18-16-25(31)17-19-26/h7-19,23,27H,5-6,20-21H2,1-4H3,(H,32,36)/t23-,27+/m1/s1. The second kappa shape index (κ2) is 13.6. The summed E-state index contributed by atoms with van der Waals surface area (Å²) in [6.45, 7) is 7.20. The Morgan fingerprint density at radius 1 is 0.897 bits per heavy atom. The molecule has 2 atom stereocenters. The number of anilines is 1. The van der Waals surface area contributed by atoms with Gasteiger partial charge in [-0.1, -0.05) is 74.0 Å². The van der Waals surface area contributed by atoms with Crippen molar-refractivity contribution in [3.8, 4) is 0 Å². The fourth-order valence-corrected chi connectivity index (χ4v) is 5.84. The molecule has 2 amide bonds. The number of para-hydroxylation sites is 1. The van der Waals surface area contributed by atoms with Crippen molar-refractivity contribution in [3.63, 3.8) is 0 Å². The highest BCUT2D eigenvalue weighted by molar-refractivity contribution is 7.92. The van der Waals surface area contributed by atoms with Crippen molar-refractivity contribution in [2.75, 3.05) is 10.8 Å². The number of sulfonamides is 1. The third-order valence-corrected chi connectivity index (χ3v) is 8.67. The zero-order valence-electron chi connectivity index (χ0n) is 22.8. The Morgan fingerprint density at radius 3 is 2.10 bits per heavy atom. The van der Waals surface area contributed by atoms with Gasteiger partial charge in [0.05, 0.1) is 10.6 Å². The van der Waals surface area contributed by atoms with Crippen LogP contribution in [0.4, 0.5) is 5.69 Å². The van der Waals surface area contributed by atoms with Crippen molar-refractivity contribution in [2.45, 2.75) is 64.1 Å². The molecule has 0 aliphatic carbocycles. The van der Waals surface area contributed by atoms with Crippen LogP contribution in [0.2, 0.25) is 5.02 Å². The Bertz CT molecular complexity index is 1360. The normalized spacial score (nSPS) is 12.8. The number of carbonyl (C=O) groups is 2. The maximum Gasteiger partial charge on any atom is 0.264 e. The summed E-state index contributed by atoms with van der Waals surface area (Å²) in [7, 11) is -4.14. The summed E-state index contributed by atoms with van der Waals surface area (Å²) < 4.78 is 28.9. The first-order valence-corrected chi connectivity index (χ1v) is 14.9. The van der Waals surface area contributed by atoms with Crippen molar-refractivity contribution in [3.05, 3.63) is 95.0 Å². The van der Waals surface area contributed by atoms with Crippen LogP contribution in [0.3, 0.4) is 0 Å². The van der Waals surface area contributed by atoms with Gasteiger partial charge in [-0.05, 0) is 68.1 Å². The molecule has 0 fully saturated rings. The van der Waals surface area contributed by atoms with Gasteiger partial charge in [0.1, 0.15) is 12.6 Å². The number of carbonyl (C=O) groups excluding carboxylic acids is 2. The van der Waals surface area contributed by atoms with Gasteiger partial charge in [-0.25, -0.2) is 8.42 Å². The summed E-state index contributed by atoms with van der Waals surface area (Å²) in [6.07, 6.45) is 1.12. The van der Waals surface area contributed by atoms with Gasteiger partial charge in [-0.3, -0.25) is 13.9 Å². The summed E-state index contributed by atoms with van der Waals surface area (Å²) in [5.74, 6) is -0.745. The first kappa shape index (κ1) is 30.2. The van der Waals surface area contributed by atoms with E-state index < -0.39 is 28.5 Å². The fourth-order valence-electron chi connectivity index (χ4n) is 4.23. The summed E-state index contributed by atoms with van der Waals surface area (Å²) >= 11 is 6.01. The van der Waals surface area contributed by atoms with Crippen molar-refractivity contribution < 1.29 is 18.0 Å². The van der Waals surface area contributed by atoms with Gasteiger partial charge in [-0.2, -0.15) is 0 Å². The molecule has 0 unspecified atom stereocenters. The summed E-state index contributed by atoms with van der Waals surface area (Å²) in [4.78, 5) is 28.8. The van der Waals surface area contributed by atoms with Gasteiger partial charge >= 0.3 is 0 Å². The molecule has 0 spiro atoms. The zero-order valence-corrected chi connectivity index (χ0v) is 24.4. The van der Waals surface area contributed by atoms with Crippen molar-refractivity contribution in [1.29, 1.82) is 0 Å². The van der Waals surface area contributed by atoms with Gasteiger partial charge in [0.25, 0.3) is 10.0 Å². The summed E-state index contributed by atoms with van der Waals surface area (Å²) in [5.41, 5.74) is 1.92. The molecule has 0 aliphatic rings. The smallest absolute Gasteiger partial charge is 0.264 e. The number of rotatable bonds is 12. The number of hydrogen-bond donors (Lipinski definition) is 1. The number of nitrogens with one attached hydrogen (secondary N) is 1. The van der Waals surface area contributed by atoms with Crippen LogP contribution in [0.5, 0.6) is 0 Å². The Hall–Kier alpha value is -3.36. The molecule has 0 aliphatic heterocycles. The second-order valence-corrected chi connectivity index (χ2v) is 11.8. The highest BCUT2D eigenvalue weighted by Gasteiger charge is 2.34. The lowest BCUT2D eigenvalue weighted by atomic mass is 10.1. The van der Waals surface area contributed by atoms with Crippen molar-refractivity contribution in [1.82, 2.24) is 10.2 Å². The Kier molecular flexibility index (Phi) is 10.5. The Labute approximate surface area is 236 Å².